The zero-order chi connectivity index (χ0) is 74.1. The maximum absolute atomic E-state index is 14.6. The van der Waals surface area contributed by atoms with Crippen molar-refractivity contribution in [3.05, 3.63) is 59.7 Å². The summed E-state index contributed by atoms with van der Waals surface area (Å²) in [6.07, 6.45) is -3.77. The van der Waals surface area contributed by atoms with E-state index >= 15 is 0 Å². The predicted molar refractivity (Wildman–Crippen MR) is 340 cm³/mol. The summed E-state index contributed by atoms with van der Waals surface area (Å²) in [5.41, 5.74) is 16.8. The fourth-order valence-electron chi connectivity index (χ4n) is 9.09. The van der Waals surface area contributed by atoms with Crippen LogP contribution >= 0.6 is 0 Å². The summed E-state index contributed by atoms with van der Waals surface area (Å²) >= 11 is 0. The number of benzene rings is 2. The Hall–Kier alpha value is -10.1. The largest absolute Gasteiger partial charge is 0.508 e. The highest BCUT2D eigenvalue weighted by Crippen LogP contribution is 2.16. The van der Waals surface area contributed by atoms with Gasteiger partial charge in [-0.05, 0) is 87.4 Å². The topological polar surface area (TPSA) is 640 Å². The van der Waals surface area contributed by atoms with E-state index in [9.17, 15) is 108 Å². The van der Waals surface area contributed by atoms with Crippen LogP contribution in [0, 0.1) is 5.92 Å². The van der Waals surface area contributed by atoms with Gasteiger partial charge in [0.1, 0.15) is 84.0 Å². The van der Waals surface area contributed by atoms with Crippen molar-refractivity contribution in [2.75, 3.05) is 33.0 Å². The molecule has 0 heterocycles. The zero-order valence-electron chi connectivity index (χ0n) is 54.5. The van der Waals surface area contributed by atoms with Crippen molar-refractivity contribution >= 4 is 88.7 Å². The molecule has 0 spiro atoms. The molecule has 2 aromatic rings. The van der Waals surface area contributed by atoms with Crippen LogP contribution in [-0.2, 0) is 84.8 Å². The van der Waals surface area contributed by atoms with Gasteiger partial charge in [-0.25, -0.2) is 0 Å². The molecule has 14 atom stereocenters. The number of aliphatic carboxylic acids is 1. The average Bonchev–Trinajstić information content (AvgIpc) is 0.877. The molecule has 26 N–H and O–H groups in total. The van der Waals surface area contributed by atoms with Crippen LogP contribution < -0.4 is 81.0 Å². The zero-order valence-corrected chi connectivity index (χ0v) is 54.5. The molecule has 98 heavy (non-hydrogen) atoms. The molecule has 0 aliphatic carbocycles. The minimum Gasteiger partial charge on any atom is -0.508 e. The smallest absolute Gasteiger partial charge is 0.303 e. The lowest BCUT2D eigenvalue weighted by molar-refractivity contribution is -0.138. The summed E-state index contributed by atoms with van der Waals surface area (Å²) in [5.74, 6) is -18.2. The van der Waals surface area contributed by atoms with E-state index in [4.69, 9.17) is 22.3 Å². The second-order valence-electron chi connectivity index (χ2n) is 22.8. The fourth-order valence-corrected chi connectivity index (χ4v) is 9.09. The molecule has 38 nitrogen and oxygen atoms in total. The number of aromatic hydroxyl groups is 2. The van der Waals surface area contributed by atoms with Gasteiger partial charge in [0.2, 0.25) is 82.7 Å². The molecular formula is C60H91N15O23. The monoisotopic (exact) mass is 1390 g/mol. The summed E-state index contributed by atoms with van der Waals surface area (Å²) in [7, 11) is 0. The SMILES string of the molecule is CC[C@H](C)[C@H](NC(=O)[C@H](CCCCN)NC(=O)[C@H](CC(N)=O)NC(=O)[C@H](C)NC(C)=O)C(=O)N[C@@H](CO)C(=O)N[C@@H](Cc1ccc(O)cc1)C(=O)N[C@@H](Cc1ccc(O)cc1)C(=O)N[C@@H](CO)C(=O)N[C@@H](CO)C(=O)N[C@@H](CO)C(=O)N[C@H](C(=O)N[C@@H](CCC(=O)O)C(N)=O)[C@@H](C)O. The molecule has 0 aromatic heterocycles. The van der Waals surface area contributed by atoms with E-state index in [-0.39, 0.29) is 48.4 Å². The average molecular weight is 1390 g/mol. The van der Waals surface area contributed by atoms with Crippen molar-refractivity contribution in [2.24, 2.45) is 23.1 Å². The van der Waals surface area contributed by atoms with E-state index in [2.05, 4.69) is 47.9 Å². The molecule has 2 aromatic carbocycles. The first-order valence-electron chi connectivity index (χ1n) is 30.9. The number of hydrogen-bond donors (Lipinski definition) is 23. The van der Waals surface area contributed by atoms with Crippen molar-refractivity contribution in [3.8, 4) is 11.5 Å². The van der Waals surface area contributed by atoms with Crippen LogP contribution in [0.1, 0.15) is 90.7 Å². The molecule has 0 bridgehead atoms. The Kier molecular flexibility index (Phi) is 36.3. The molecule has 14 amide bonds. The standard InChI is InChI=1S/C60H91N15O23/c1-6-28(2)47(74-51(89)37(9-7-8-20-61)66-54(92)40(23-45(62)84)67-50(88)29(3)64-31(5)81)59(97)73-43(26-78)55(93)69-38(21-32-10-14-34(82)15-11-32)52(90)68-39(22-33-12-16-35(83)17-13-33)53(91)70-41(24-76)56(94)71-42(25-77)57(95)72-44(27-79)58(96)75-48(30(4)80)60(98)65-36(49(63)87)18-19-46(85)86/h10-17,28-30,36-44,47-48,76-80,82-83H,6-9,18-27,61H2,1-5H3,(H2,62,84)(H2,63,87)(H,64,81)(H,65,98)(H,66,92)(H,67,88)(H,68,90)(H,69,93)(H,70,91)(H,71,94)(H,72,95)(H,73,97)(H,74,89)(H,75,96)(H,85,86)/t28-,29-,30+,36-,37-,38-,39-,40-,41-,42-,43-,44-,47-,48-/m0/s1. The fraction of sp³-hybridized carbons (Fsp3) is 0.550. The number of carboxylic acids is 1. The molecule has 0 unspecified atom stereocenters. The number of primary amides is 2. The molecular weight excluding hydrogens is 1300 g/mol. The van der Waals surface area contributed by atoms with E-state index in [1.54, 1.807) is 13.8 Å². The Morgan fingerprint density at radius 2 is 0.776 bits per heavy atom. The van der Waals surface area contributed by atoms with Gasteiger partial charge < -0.3 is 122 Å². The number of unbranched alkanes of at least 4 members (excludes halogenated alkanes) is 1. The Labute approximate surface area is 561 Å². The quantitative estimate of drug-likeness (QED) is 0.0274. The number of nitrogens with two attached hydrogens (primary N) is 3. The second-order valence-corrected chi connectivity index (χ2v) is 22.8. The number of carboxylic acid groups (broad SMARTS) is 1. The van der Waals surface area contributed by atoms with Crippen LogP contribution in [0.25, 0.3) is 0 Å². The highest BCUT2D eigenvalue weighted by atomic mass is 16.4. The number of hydrogen-bond acceptors (Lipinski definition) is 23. The summed E-state index contributed by atoms with van der Waals surface area (Å²) < 4.78 is 0. The minimum absolute atomic E-state index is 0.0960. The number of aliphatic hydroxyl groups excluding tert-OH is 5. The van der Waals surface area contributed by atoms with Gasteiger partial charge in [-0.2, -0.15) is 0 Å². The van der Waals surface area contributed by atoms with E-state index in [0.717, 1.165) is 13.8 Å². The van der Waals surface area contributed by atoms with Gasteiger partial charge in [0.25, 0.3) is 0 Å². The first-order chi connectivity index (χ1) is 46.1. The number of phenols is 2. The minimum atomic E-state index is -2.03. The molecule has 0 radical (unpaired) electrons. The molecule has 0 aliphatic rings. The lowest BCUT2D eigenvalue weighted by atomic mass is 9.97. The number of nitrogens with one attached hydrogen (secondary N) is 12. The van der Waals surface area contributed by atoms with Gasteiger partial charge in [-0.15, -0.1) is 0 Å². The van der Waals surface area contributed by atoms with Gasteiger partial charge in [-0.1, -0.05) is 44.5 Å². The molecule has 0 fully saturated rings. The van der Waals surface area contributed by atoms with E-state index in [0.29, 0.717) is 6.42 Å². The first-order valence-corrected chi connectivity index (χ1v) is 30.9. The van der Waals surface area contributed by atoms with Crippen molar-refractivity contribution in [3.63, 3.8) is 0 Å². The van der Waals surface area contributed by atoms with E-state index in [1.807, 2.05) is 16.0 Å². The predicted octanol–water partition coefficient (Wildman–Crippen LogP) is -9.51. The number of aliphatic hydroxyl groups is 5. The molecule has 0 aliphatic heterocycles. The van der Waals surface area contributed by atoms with Crippen LogP contribution in [0.2, 0.25) is 0 Å². The Morgan fingerprint density at radius 3 is 1.15 bits per heavy atom. The number of carbonyl (C=O) groups excluding carboxylic acids is 14. The van der Waals surface area contributed by atoms with Gasteiger partial charge in [0.05, 0.1) is 39.0 Å². The van der Waals surface area contributed by atoms with Crippen LogP contribution in [0.5, 0.6) is 11.5 Å². The molecule has 2 rings (SSSR count). The summed E-state index contributed by atoms with van der Waals surface area (Å²) in [6, 6.07) is -10.4. The summed E-state index contributed by atoms with van der Waals surface area (Å²) in [4.78, 5) is 198. The Bertz CT molecular complexity index is 3090. The van der Waals surface area contributed by atoms with Crippen LogP contribution in [0.4, 0.5) is 0 Å². The van der Waals surface area contributed by atoms with Crippen molar-refractivity contribution in [1.82, 2.24) is 63.8 Å². The van der Waals surface area contributed by atoms with Gasteiger partial charge in [0.15, 0.2) is 0 Å². The third kappa shape index (κ3) is 29.1. The lowest BCUT2D eigenvalue weighted by Crippen LogP contribution is -2.63. The van der Waals surface area contributed by atoms with Crippen molar-refractivity contribution in [2.45, 2.75) is 171 Å². The van der Waals surface area contributed by atoms with Crippen LogP contribution in [-0.4, -0.2) is 241 Å². The van der Waals surface area contributed by atoms with Crippen molar-refractivity contribution in [1.29, 1.82) is 0 Å². The molecule has 0 saturated carbocycles. The molecule has 0 saturated heterocycles. The number of phenolic OH excluding ortho intramolecular Hbond substituents is 2. The van der Waals surface area contributed by atoms with Gasteiger partial charge in [0, 0.05) is 26.2 Å². The van der Waals surface area contributed by atoms with Crippen molar-refractivity contribution < 1.29 is 113 Å². The maximum atomic E-state index is 14.6. The highest BCUT2D eigenvalue weighted by Gasteiger charge is 2.38. The first kappa shape index (κ1) is 83.9. The number of carbonyl (C=O) groups is 15. The van der Waals surface area contributed by atoms with Crippen LogP contribution in [0.15, 0.2) is 48.5 Å². The Morgan fingerprint density at radius 1 is 0.429 bits per heavy atom. The maximum Gasteiger partial charge on any atom is 0.303 e. The number of amides is 14. The molecule has 544 valence electrons. The van der Waals surface area contributed by atoms with Gasteiger partial charge >= 0.3 is 5.97 Å². The van der Waals surface area contributed by atoms with E-state index < -0.39 is 232 Å². The third-order valence-corrected chi connectivity index (χ3v) is 14.9. The third-order valence-electron chi connectivity index (χ3n) is 14.9. The van der Waals surface area contributed by atoms with Gasteiger partial charge in [-0.3, -0.25) is 71.9 Å². The summed E-state index contributed by atoms with van der Waals surface area (Å²) in [6.45, 7) is 1.99. The molecule has 38 heteroatoms. The van der Waals surface area contributed by atoms with Crippen LogP contribution in [0.3, 0.4) is 0 Å². The van der Waals surface area contributed by atoms with E-state index in [1.165, 1.54) is 55.5 Å². The number of rotatable bonds is 44. The Balaban J connectivity index is 2.48. The highest BCUT2D eigenvalue weighted by molar-refractivity contribution is 6.00. The second kappa shape index (κ2) is 42.4. The lowest BCUT2D eigenvalue weighted by Gasteiger charge is -2.29. The summed E-state index contributed by atoms with van der Waals surface area (Å²) in [5, 5.41) is 108. The normalized spacial score (nSPS) is 15.3.